The van der Waals surface area contributed by atoms with E-state index in [1.54, 1.807) is 0 Å². The minimum Gasteiger partial charge on any atom is -0.504 e. The highest BCUT2D eigenvalue weighted by Crippen LogP contribution is 2.38. The number of aromatic carboxylic acids is 2. The van der Waals surface area contributed by atoms with Gasteiger partial charge in [0, 0.05) is 0 Å². The number of phenolic OH excluding ortho intramolecular Hbond substituents is 4. The van der Waals surface area contributed by atoms with E-state index in [-0.39, 0.29) is 33.9 Å². The Morgan fingerprint density at radius 1 is 0.500 bits per heavy atom. The van der Waals surface area contributed by atoms with E-state index in [4.69, 9.17) is 0 Å². The lowest BCUT2D eigenvalue weighted by Crippen LogP contribution is -1.99. The number of hydrogen-bond acceptors (Lipinski definition) is 10. The minimum absolute atomic E-state index is 0.0428. The van der Waals surface area contributed by atoms with Crippen LogP contribution < -0.4 is 0 Å². The summed E-state index contributed by atoms with van der Waals surface area (Å²) in [5.41, 5.74) is 0.00584. The number of azo groups is 2. The Bertz CT molecular complexity index is 1510. The first kappa shape index (κ1) is 25.3. The number of carboxylic acid groups (broad SMARTS) is 2. The average molecular weight is 514 g/mol. The Kier molecular flexibility index (Phi) is 6.97. The minimum atomic E-state index is -1.32. The van der Waals surface area contributed by atoms with Crippen LogP contribution in [0.5, 0.6) is 23.0 Å². The molecule has 0 bridgehead atoms. The number of aromatic hydroxyl groups is 4. The van der Waals surface area contributed by atoms with E-state index in [1.165, 1.54) is 72.8 Å². The van der Waals surface area contributed by atoms with Crippen molar-refractivity contribution in [2.75, 3.05) is 0 Å². The van der Waals surface area contributed by atoms with Gasteiger partial charge in [-0.05, 0) is 59.7 Å². The summed E-state index contributed by atoms with van der Waals surface area (Å²) in [6.07, 6.45) is 0. The summed E-state index contributed by atoms with van der Waals surface area (Å²) in [6, 6.07) is 16.4. The predicted octanol–water partition coefficient (Wildman–Crippen LogP) is 6.40. The second-order valence-corrected chi connectivity index (χ2v) is 7.76. The maximum Gasteiger partial charge on any atom is 0.337 e. The van der Waals surface area contributed by atoms with Crippen LogP contribution in [0.4, 0.5) is 22.7 Å². The van der Waals surface area contributed by atoms with E-state index < -0.39 is 34.9 Å². The zero-order chi connectivity index (χ0) is 27.4. The molecular formula is C26H18N4O8. The SMILES string of the molecule is O=C(O)c1cc(-c2ccc(N=Nc3cccc(O)c3O)c(C(=O)O)c2)ccc1N=Nc1cccc(O)c1O. The standard InChI is InChI=1S/C26H18N4O8/c31-21-5-1-3-19(23(21)33)29-27-17-9-7-13(11-15(17)25(35)36)14-8-10-18(16(12-14)26(37)38)28-30-20-4-2-6-22(32)24(20)34/h1-12,31-34H,(H,35,36)(H,37,38). The third-order valence-corrected chi connectivity index (χ3v) is 5.31. The molecule has 0 unspecified atom stereocenters. The summed E-state index contributed by atoms with van der Waals surface area (Å²) in [5.74, 6) is -4.49. The van der Waals surface area contributed by atoms with Gasteiger partial charge in [0.2, 0.25) is 0 Å². The molecule has 0 amide bonds. The average Bonchev–Trinajstić information content (AvgIpc) is 2.90. The van der Waals surface area contributed by atoms with Crippen LogP contribution in [-0.4, -0.2) is 42.6 Å². The largest absolute Gasteiger partial charge is 0.504 e. The van der Waals surface area contributed by atoms with Crippen LogP contribution in [0.25, 0.3) is 11.1 Å². The van der Waals surface area contributed by atoms with Gasteiger partial charge in [-0.1, -0.05) is 24.3 Å². The van der Waals surface area contributed by atoms with Crippen LogP contribution in [0.1, 0.15) is 20.7 Å². The fourth-order valence-corrected chi connectivity index (χ4v) is 3.36. The van der Waals surface area contributed by atoms with Gasteiger partial charge in [-0.25, -0.2) is 9.59 Å². The second-order valence-electron chi connectivity index (χ2n) is 7.76. The van der Waals surface area contributed by atoms with E-state index in [1.807, 2.05) is 0 Å². The molecule has 38 heavy (non-hydrogen) atoms. The quantitative estimate of drug-likeness (QED) is 0.120. The molecule has 0 heterocycles. The first-order valence-corrected chi connectivity index (χ1v) is 10.8. The number of hydrogen-bond donors (Lipinski definition) is 6. The summed E-state index contributed by atoms with van der Waals surface area (Å²) < 4.78 is 0. The van der Waals surface area contributed by atoms with Crippen LogP contribution in [-0.2, 0) is 0 Å². The van der Waals surface area contributed by atoms with Gasteiger partial charge in [0.1, 0.15) is 22.7 Å². The molecule has 0 fully saturated rings. The van der Waals surface area contributed by atoms with Crippen molar-refractivity contribution in [3.05, 3.63) is 83.9 Å². The van der Waals surface area contributed by atoms with Crippen LogP contribution >= 0.6 is 0 Å². The zero-order valence-electron chi connectivity index (χ0n) is 19.2. The first-order valence-electron chi connectivity index (χ1n) is 10.8. The van der Waals surface area contributed by atoms with Crippen LogP contribution in [0, 0.1) is 0 Å². The van der Waals surface area contributed by atoms with Crippen LogP contribution in [0.2, 0.25) is 0 Å². The number of carboxylic acids is 2. The predicted molar refractivity (Wildman–Crippen MR) is 134 cm³/mol. The number of carbonyl (C=O) groups is 2. The fourth-order valence-electron chi connectivity index (χ4n) is 3.36. The van der Waals surface area contributed by atoms with Gasteiger partial charge in [0.25, 0.3) is 0 Å². The topological polar surface area (TPSA) is 205 Å². The van der Waals surface area contributed by atoms with Gasteiger partial charge < -0.3 is 30.6 Å². The molecule has 4 aromatic carbocycles. The molecule has 0 saturated heterocycles. The molecule has 0 saturated carbocycles. The van der Waals surface area contributed by atoms with Crippen LogP contribution in [0.15, 0.2) is 93.3 Å². The Balaban J connectivity index is 1.70. The number of rotatable bonds is 7. The molecular weight excluding hydrogens is 496 g/mol. The van der Waals surface area contributed by atoms with Crippen molar-refractivity contribution in [2.45, 2.75) is 0 Å². The lowest BCUT2D eigenvalue weighted by Gasteiger charge is -2.08. The summed E-state index contributed by atoms with van der Waals surface area (Å²) in [4.78, 5) is 23.8. The van der Waals surface area contributed by atoms with Crippen molar-refractivity contribution in [3.63, 3.8) is 0 Å². The van der Waals surface area contributed by atoms with Crippen molar-refractivity contribution in [2.24, 2.45) is 20.5 Å². The van der Waals surface area contributed by atoms with E-state index in [0.717, 1.165) is 0 Å². The molecule has 0 aromatic heterocycles. The molecule has 0 aliphatic carbocycles. The highest BCUT2D eigenvalue weighted by atomic mass is 16.4. The Morgan fingerprint density at radius 3 is 1.24 bits per heavy atom. The summed E-state index contributed by atoms with van der Waals surface area (Å²) in [6.45, 7) is 0. The molecule has 6 N–H and O–H groups in total. The van der Waals surface area contributed by atoms with E-state index >= 15 is 0 Å². The van der Waals surface area contributed by atoms with Crippen LogP contribution in [0.3, 0.4) is 0 Å². The highest BCUT2D eigenvalue weighted by molar-refractivity contribution is 5.97. The van der Waals surface area contributed by atoms with Gasteiger partial charge in [-0.15, -0.1) is 20.5 Å². The molecule has 0 radical (unpaired) electrons. The zero-order valence-corrected chi connectivity index (χ0v) is 19.2. The Morgan fingerprint density at radius 2 is 0.868 bits per heavy atom. The van der Waals surface area contributed by atoms with Crippen molar-refractivity contribution in [3.8, 4) is 34.1 Å². The molecule has 190 valence electrons. The fraction of sp³-hybridized carbons (Fsp3) is 0. The number of benzene rings is 4. The number of nitrogens with zero attached hydrogens (tertiary/aromatic N) is 4. The molecule has 0 spiro atoms. The molecule has 4 aromatic rings. The second kappa shape index (κ2) is 10.5. The lowest BCUT2D eigenvalue weighted by atomic mass is 9.99. The number of phenols is 4. The third-order valence-electron chi connectivity index (χ3n) is 5.31. The van der Waals surface area contributed by atoms with Crippen molar-refractivity contribution < 1.29 is 40.2 Å². The molecule has 0 aliphatic rings. The summed E-state index contributed by atoms with van der Waals surface area (Å²) in [5, 5.41) is 73.6. The van der Waals surface area contributed by atoms with Gasteiger partial charge >= 0.3 is 11.9 Å². The Labute approximate surface area is 213 Å². The van der Waals surface area contributed by atoms with Crippen molar-refractivity contribution in [1.82, 2.24) is 0 Å². The summed E-state index contributed by atoms with van der Waals surface area (Å²) >= 11 is 0. The monoisotopic (exact) mass is 514 g/mol. The smallest absolute Gasteiger partial charge is 0.337 e. The van der Waals surface area contributed by atoms with Crippen molar-refractivity contribution in [1.29, 1.82) is 0 Å². The molecule has 0 aliphatic heterocycles. The maximum absolute atomic E-state index is 11.9. The summed E-state index contributed by atoms with van der Waals surface area (Å²) in [7, 11) is 0. The highest BCUT2D eigenvalue weighted by Gasteiger charge is 2.16. The van der Waals surface area contributed by atoms with Gasteiger partial charge in [-0.2, -0.15) is 0 Å². The maximum atomic E-state index is 11.9. The normalized spacial score (nSPS) is 11.3. The van der Waals surface area contributed by atoms with Gasteiger partial charge in [-0.3, -0.25) is 0 Å². The van der Waals surface area contributed by atoms with Crippen molar-refractivity contribution >= 4 is 34.7 Å². The van der Waals surface area contributed by atoms with E-state index in [0.29, 0.717) is 11.1 Å². The molecule has 12 nitrogen and oxygen atoms in total. The van der Waals surface area contributed by atoms with E-state index in [2.05, 4.69) is 20.5 Å². The molecule has 0 atom stereocenters. The van der Waals surface area contributed by atoms with Gasteiger partial charge in [0.05, 0.1) is 11.1 Å². The molecule has 4 rings (SSSR count). The van der Waals surface area contributed by atoms with Gasteiger partial charge in [0.15, 0.2) is 23.0 Å². The Hall–Kier alpha value is -5.78. The lowest BCUT2D eigenvalue weighted by molar-refractivity contribution is 0.0686. The number of para-hydroxylation sites is 2. The third kappa shape index (κ3) is 5.23. The molecule has 12 heteroatoms. The van der Waals surface area contributed by atoms with E-state index in [9.17, 15) is 40.2 Å². The first-order chi connectivity index (χ1) is 18.2.